The second-order valence-electron chi connectivity index (χ2n) is 1.85. The van der Waals surface area contributed by atoms with Crippen LogP contribution in [0, 0.1) is 12.3 Å². The van der Waals surface area contributed by atoms with E-state index in [1.807, 2.05) is 0 Å². The van der Waals surface area contributed by atoms with Crippen molar-refractivity contribution in [1.29, 1.82) is 0 Å². The van der Waals surface area contributed by atoms with Gasteiger partial charge in [-0.05, 0) is 5.92 Å². The Balaban J connectivity index is 2.68. The van der Waals surface area contributed by atoms with Crippen molar-refractivity contribution in [2.24, 2.45) is 0 Å². The lowest BCUT2D eigenvalue weighted by Gasteiger charge is -2.07. The van der Waals surface area contributed by atoms with Gasteiger partial charge in [-0.15, -0.1) is 6.42 Å². The third kappa shape index (κ3) is 1.02. The summed E-state index contributed by atoms with van der Waals surface area (Å²) in [5, 5.41) is 0. The molecule has 0 radical (unpaired) electrons. The van der Waals surface area contributed by atoms with E-state index in [4.69, 9.17) is 6.42 Å². The summed E-state index contributed by atoms with van der Waals surface area (Å²) in [6.45, 7) is 0. The fraction of sp³-hybridized carbons (Fsp3) is 0.500. The molecule has 9 heavy (non-hydrogen) atoms. The summed E-state index contributed by atoms with van der Waals surface area (Å²) in [7, 11) is 0. The molecule has 1 atom stereocenters. The molecule has 3 heteroatoms. The van der Waals surface area contributed by atoms with Gasteiger partial charge < -0.3 is 4.74 Å². The maximum atomic E-state index is 12.6. The van der Waals surface area contributed by atoms with Crippen LogP contribution in [0.2, 0.25) is 0 Å². The van der Waals surface area contributed by atoms with Crippen LogP contribution in [-0.2, 0) is 9.53 Å². The van der Waals surface area contributed by atoms with E-state index < -0.39 is 11.8 Å². The summed E-state index contributed by atoms with van der Waals surface area (Å²) in [5.41, 5.74) is 0. The lowest BCUT2D eigenvalue weighted by Crippen LogP contribution is -2.18. The van der Waals surface area contributed by atoms with Crippen molar-refractivity contribution in [3.63, 3.8) is 0 Å². The number of alkyl halides is 1. The summed E-state index contributed by atoms with van der Waals surface area (Å²) in [6, 6.07) is 0. The predicted octanol–water partition coefficient (Wildman–Crippen LogP) is 0.622. The number of hydrogen-bond donors (Lipinski definition) is 0. The summed E-state index contributed by atoms with van der Waals surface area (Å²) in [5.74, 6) is -0.913. The number of ether oxygens (including phenoxy) is 1. The summed E-state index contributed by atoms with van der Waals surface area (Å²) in [4.78, 5) is 10.3. The van der Waals surface area contributed by atoms with Gasteiger partial charge in [0.15, 0.2) is 0 Å². The van der Waals surface area contributed by atoms with Gasteiger partial charge in [-0.3, -0.25) is 4.79 Å². The molecule has 1 rings (SSSR count). The van der Waals surface area contributed by atoms with Gasteiger partial charge in [0.2, 0.25) is 0 Å². The Morgan fingerprint density at radius 3 is 2.78 bits per heavy atom. The van der Waals surface area contributed by atoms with Gasteiger partial charge in [0.1, 0.15) is 0 Å². The molecule has 0 bridgehead atoms. The third-order valence-electron chi connectivity index (χ3n) is 1.14. The summed E-state index contributed by atoms with van der Waals surface area (Å²) < 4.78 is 16.8. The van der Waals surface area contributed by atoms with E-state index in [0.29, 0.717) is 0 Å². The number of rotatable bonds is 0. The molecule has 0 aromatic rings. The van der Waals surface area contributed by atoms with Crippen LogP contribution < -0.4 is 0 Å². The van der Waals surface area contributed by atoms with Gasteiger partial charge in [-0.2, -0.15) is 4.39 Å². The quantitative estimate of drug-likeness (QED) is 0.353. The molecule has 1 aliphatic rings. The van der Waals surface area contributed by atoms with Crippen LogP contribution in [0.4, 0.5) is 4.39 Å². The van der Waals surface area contributed by atoms with Crippen molar-refractivity contribution in [2.75, 3.05) is 0 Å². The fourth-order valence-corrected chi connectivity index (χ4v) is 0.647. The Bertz CT molecular complexity index is 182. The predicted molar refractivity (Wildman–Crippen MR) is 28.0 cm³/mol. The van der Waals surface area contributed by atoms with Gasteiger partial charge in [-0.25, -0.2) is 0 Å². The van der Waals surface area contributed by atoms with E-state index >= 15 is 0 Å². The first-order chi connectivity index (χ1) is 4.16. The summed E-state index contributed by atoms with van der Waals surface area (Å²) >= 11 is 0. The molecule has 1 heterocycles. The lowest BCUT2D eigenvalue weighted by atomic mass is 10.2. The SMILES string of the molecule is C#C[C@]1(F)CCC(=O)O1. The highest BCUT2D eigenvalue weighted by Gasteiger charge is 2.38. The van der Waals surface area contributed by atoms with Crippen LogP contribution in [0.15, 0.2) is 0 Å². The molecule has 0 saturated carbocycles. The zero-order valence-corrected chi connectivity index (χ0v) is 4.69. The Labute approximate surface area is 52.0 Å². The molecule has 2 nitrogen and oxygen atoms in total. The van der Waals surface area contributed by atoms with Crippen molar-refractivity contribution < 1.29 is 13.9 Å². The molecule has 0 aromatic carbocycles. The minimum atomic E-state index is -2.11. The van der Waals surface area contributed by atoms with Crippen molar-refractivity contribution in [3.05, 3.63) is 0 Å². The van der Waals surface area contributed by atoms with Crippen LogP contribution in [-0.4, -0.2) is 11.8 Å². The van der Waals surface area contributed by atoms with Crippen molar-refractivity contribution in [1.82, 2.24) is 0 Å². The van der Waals surface area contributed by atoms with E-state index in [1.54, 1.807) is 5.92 Å². The number of halogens is 1. The topological polar surface area (TPSA) is 26.3 Å². The first-order valence-corrected chi connectivity index (χ1v) is 2.55. The normalized spacial score (nSPS) is 33.6. The highest BCUT2D eigenvalue weighted by Crippen LogP contribution is 2.26. The third-order valence-corrected chi connectivity index (χ3v) is 1.14. The van der Waals surface area contributed by atoms with Gasteiger partial charge in [0, 0.05) is 6.42 Å². The van der Waals surface area contributed by atoms with Crippen molar-refractivity contribution >= 4 is 5.97 Å². The average molecular weight is 128 g/mol. The largest absolute Gasteiger partial charge is 0.417 e. The zero-order valence-electron chi connectivity index (χ0n) is 4.69. The number of hydrogen-bond acceptors (Lipinski definition) is 2. The number of cyclic esters (lactones) is 1. The highest BCUT2D eigenvalue weighted by molar-refractivity contribution is 5.72. The van der Waals surface area contributed by atoms with E-state index in [1.165, 1.54) is 0 Å². The van der Waals surface area contributed by atoms with E-state index in [0.717, 1.165) is 0 Å². The zero-order chi connectivity index (χ0) is 6.91. The number of carbonyl (C=O) groups excluding carboxylic acids is 1. The molecule has 1 saturated heterocycles. The minimum Gasteiger partial charge on any atom is -0.417 e. The molecular weight excluding hydrogens is 123 g/mol. The molecular formula is C6H5FO2. The standard InChI is InChI=1S/C6H5FO2/c1-2-6(7)4-3-5(8)9-6/h1H,3-4H2/t6-/m1/s1. The van der Waals surface area contributed by atoms with Gasteiger partial charge in [0.05, 0.1) is 6.42 Å². The molecule has 1 fully saturated rings. The monoisotopic (exact) mass is 128 g/mol. The Hall–Kier alpha value is -1.04. The van der Waals surface area contributed by atoms with Crippen LogP contribution >= 0.6 is 0 Å². The minimum absolute atomic E-state index is 0.0116. The van der Waals surface area contributed by atoms with E-state index in [9.17, 15) is 9.18 Å². The molecule has 0 amide bonds. The van der Waals surface area contributed by atoms with E-state index in [2.05, 4.69) is 4.74 Å². The van der Waals surface area contributed by atoms with Gasteiger partial charge in [0.25, 0.3) is 0 Å². The average Bonchev–Trinajstić information content (AvgIpc) is 2.13. The number of esters is 1. The first-order valence-electron chi connectivity index (χ1n) is 2.55. The molecule has 48 valence electrons. The molecule has 0 unspecified atom stereocenters. The van der Waals surface area contributed by atoms with Gasteiger partial charge >= 0.3 is 11.8 Å². The molecule has 0 N–H and O–H groups in total. The second-order valence-corrected chi connectivity index (χ2v) is 1.85. The van der Waals surface area contributed by atoms with Gasteiger partial charge in [-0.1, -0.05) is 0 Å². The highest BCUT2D eigenvalue weighted by atomic mass is 19.2. The molecule has 1 aliphatic heterocycles. The maximum Gasteiger partial charge on any atom is 0.314 e. The Morgan fingerprint density at radius 1 is 1.89 bits per heavy atom. The van der Waals surface area contributed by atoms with Crippen molar-refractivity contribution in [2.45, 2.75) is 18.7 Å². The smallest absolute Gasteiger partial charge is 0.314 e. The second kappa shape index (κ2) is 1.73. The number of carbonyl (C=O) groups is 1. The van der Waals surface area contributed by atoms with Crippen LogP contribution in [0.3, 0.4) is 0 Å². The molecule has 0 aromatic heterocycles. The lowest BCUT2D eigenvalue weighted by molar-refractivity contribution is -0.154. The van der Waals surface area contributed by atoms with Crippen molar-refractivity contribution in [3.8, 4) is 12.3 Å². The van der Waals surface area contributed by atoms with E-state index in [-0.39, 0.29) is 12.8 Å². The van der Waals surface area contributed by atoms with Crippen LogP contribution in [0.5, 0.6) is 0 Å². The maximum absolute atomic E-state index is 12.6. The van der Waals surface area contributed by atoms with Crippen LogP contribution in [0.1, 0.15) is 12.8 Å². The fourth-order valence-electron chi connectivity index (χ4n) is 0.647. The number of terminal acetylenes is 1. The Kier molecular flexibility index (Phi) is 1.17. The van der Waals surface area contributed by atoms with Crippen LogP contribution in [0.25, 0.3) is 0 Å². The summed E-state index contributed by atoms with van der Waals surface area (Å²) in [6.07, 6.45) is 4.80. The molecule has 0 spiro atoms. The molecule has 0 aliphatic carbocycles. The Morgan fingerprint density at radius 2 is 2.56 bits per heavy atom. The first kappa shape index (κ1) is 6.09.